The molecule has 0 heterocycles. The molecule has 4 nitrogen and oxygen atoms in total. The Morgan fingerprint density at radius 3 is 2.27 bits per heavy atom. The molecule has 5 heteroatoms. The molecular formula is C10H15BO4. The molecule has 82 valence electrons. The van der Waals surface area contributed by atoms with Gasteiger partial charge in [0.25, 0.3) is 0 Å². The van der Waals surface area contributed by atoms with Crippen LogP contribution in [-0.2, 0) is 4.74 Å². The van der Waals surface area contributed by atoms with Crippen LogP contribution in [0.25, 0.3) is 0 Å². The first kappa shape index (κ1) is 13.7. The van der Waals surface area contributed by atoms with E-state index in [4.69, 9.17) is 10.0 Å². The second-order valence-electron chi connectivity index (χ2n) is 2.45. The van der Waals surface area contributed by atoms with E-state index >= 15 is 0 Å². The highest BCUT2D eigenvalue weighted by atomic mass is 16.5. The smallest absolute Gasteiger partial charge is 0.465 e. The van der Waals surface area contributed by atoms with Crippen molar-refractivity contribution in [2.45, 2.75) is 13.8 Å². The summed E-state index contributed by atoms with van der Waals surface area (Å²) in [5.74, 6) is -0.580. The lowest BCUT2D eigenvalue weighted by atomic mass is 9.77. The van der Waals surface area contributed by atoms with Crippen molar-refractivity contribution >= 4 is 18.6 Å². The zero-order valence-corrected chi connectivity index (χ0v) is 9.10. The Morgan fingerprint density at radius 1 is 1.27 bits per heavy atom. The predicted molar refractivity (Wildman–Crippen MR) is 59.0 cm³/mol. The van der Waals surface area contributed by atoms with Gasteiger partial charge >= 0.3 is 13.1 Å². The minimum absolute atomic E-state index is 0.148. The molecule has 0 bridgehead atoms. The third kappa shape index (κ3) is 3.73. The van der Waals surface area contributed by atoms with Crippen molar-refractivity contribution in [1.82, 2.24) is 0 Å². The van der Waals surface area contributed by atoms with Gasteiger partial charge in [-0.1, -0.05) is 32.0 Å². The third-order valence-electron chi connectivity index (χ3n) is 1.64. The Bertz CT molecular complexity index is 312. The van der Waals surface area contributed by atoms with E-state index in [0.717, 1.165) is 0 Å². The van der Waals surface area contributed by atoms with Crippen molar-refractivity contribution in [3.8, 4) is 0 Å². The highest BCUT2D eigenvalue weighted by Gasteiger charge is 2.19. The lowest BCUT2D eigenvalue weighted by molar-refractivity contribution is 0.0601. The molecule has 2 N–H and O–H groups in total. The van der Waals surface area contributed by atoms with E-state index < -0.39 is 13.1 Å². The normalized spacial score (nSPS) is 8.60. The van der Waals surface area contributed by atoms with E-state index in [9.17, 15) is 4.79 Å². The number of rotatable bonds is 2. The third-order valence-corrected chi connectivity index (χ3v) is 1.64. The molecular weight excluding hydrogens is 195 g/mol. The Hall–Kier alpha value is -1.33. The summed E-state index contributed by atoms with van der Waals surface area (Å²) in [5.41, 5.74) is 0.314. The maximum absolute atomic E-state index is 11.1. The highest BCUT2D eigenvalue weighted by Crippen LogP contribution is 1.98. The number of ether oxygens (including phenoxy) is 1. The van der Waals surface area contributed by atoms with Crippen LogP contribution >= 0.6 is 0 Å². The summed E-state index contributed by atoms with van der Waals surface area (Å²) in [5, 5.41) is 17.8. The van der Waals surface area contributed by atoms with Gasteiger partial charge in [-0.25, -0.2) is 4.79 Å². The Morgan fingerprint density at radius 2 is 1.80 bits per heavy atom. The molecule has 0 atom stereocenters. The average Bonchev–Trinajstić information content (AvgIpc) is 2.30. The van der Waals surface area contributed by atoms with E-state index in [1.54, 1.807) is 12.1 Å². The molecule has 0 unspecified atom stereocenters. The number of esters is 1. The van der Waals surface area contributed by atoms with Crippen LogP contribution in [0, 0.1) is 0 Å². The molecule has 0 saturated carbocycles. The van der Waals surface area contributed by atoms with Gasteiger partial charge in [0.05, 0.1) is 12.7 Å². The first-order chi connectivity index (χ1) is 7.16. The predicted octanol–water partition coefficient (Wildman–Crippen LogP) is 0.179. The first-order valence-electron chi connectivity index (χ1n) is 4.70. The van der Waals surface area contributed by atoms with Crippen molar-refractivity contribution in [3.05, 3.63) is 29.8 Å². The SMILES string of the molecule is CC.COC(=O)c1ccccc1B(O)O. The fourth-order valence-corrected chi connectivity index (χ4v) is 1.02. The molecule has 1 aromatic rings. The van der Waals surface area contributed by atoms with Gasteiger partial charge in [0.1, 0.15) is 0 Å². The quantitative estimate of drug-likeness (QED) is 0.539. The largest absolute Gasteiger partial charge is 0.489 e. The van der Waals surface area contributed by atoms with Crippen LogP contribution in [-0.4, -0.2) is 30.2 Å². The van der Waals surface area contributed by atoms with Gasteiger partial charge in [-0.15, -0.1) is 0 Å². The lowest BCUT2D eigenvalue weighted by Gasteiger charge is -2.05. The fourth-order valence-electron chi connectivity index (χ4n) is 1.02. The summed E-state index contributed by atoms with van der Waals surface area (Å²) in [6.45, 7) is 4.00. The molecule has 0 aliphatic rings. The maximum Gasteiger partial charge on any atom is 0.489 e. The maximum atomic E-state index is 11.1. The summed E-state index contributed by atoms with van der Waals surface area (Å²) in [4.78, 5) is 11.1. The second-order valence-corrected chi connectivity index (χ2v) is 2.45. The topological polar surface area (TPSA) is 66.8 Å². The van der Waals surface area contributed by atoms with E-state index in [1.807, 2.05) is 13.8 Å². The first-order valence-corrected chi connectivity index (χ1v) is 4.70. The van der Waals surface area contributed by atoms with Gasteiger partial charge in [0.2, 0.25) is 0 Å². The summed E-state index contributed by atoms with van der Waals surface area (Å²) >= 11 is 0. The number of methoxy groups -OCH3 is 1. The second kappa shape index (κ2) is 7.03. The van der Waals surface area contributed by atoms with E-state index in [2.05, 4.69) is 4.74 Å². The number of carbonyl (C=O) groups excluding carboxylic acids is 1. The van der Waals surface area contributed by atoms with Gasteiger partial charge in [0, 0.05) is 0 Å². The fraction of sp³-hybridized carbons (Fsp3) is 0.300. The molecule has 0 spiro atoms. The molecule has 0 fully saturated rings. The molecule has 0 aliphatic heterocycles. The number of benzene rings is 1. The molecule has 0 amide bonds. The molecule has 0 aliphatic carbocycles. The van der Waals surface area contributed by atoms with Crippen LogP contribution in [0.1, 0.15) is 24.2 Å². The van der Waals surface area contributed by atoms with E-state index in [1.165, 1.54) is 19.2 Å². The minimum Gasteiger partial charge on any atom is -0.465 e. The zero-order chi connectivity index (χ0) is 11.8. The van der Waals surface area contributed by atoms with Crippen molar-refractivity contribution in [3.63, 3.8) is 0 Å². The lowest BCUT2D eigenvalue weighted by Crippen LogP contribution is -2.34. The molecule has 0 aromatic heterocycles. The van der Waals surface area contributed by atoms with Crippen molar-refractivity contribution in [1.29, 1.82) is 0 Å². The van der Waals surface area contributed by atoms with Crippen LogP contribution in [0.5, 0.6) is 0 Å². The zero-order valence-electron chi connectivity index (χ0n) is 9.10. The van der Waals surface area contributed by atoms with Crippen LogP contribution in [0.15, 0.2) is 24.3 Å². The van der Waals surface area contributed by atoms with Crippen LogP contribution < -0.4 is 5.46 Å². The average molecular weight is 210 g/mol. The van der Waals surface area contributed by atoms with Gasteiger partial charge in [-0.05, 0) is 11.5 Å². The minimum atomic E-state index is -1.66. The molecule has 1 rings (SSSR count). The number of hydrogen-bond donors (Lipinski definition) is 2. The Kier molecular flexibility index (Phi) is 6.41. The van der Waals surface area contributed by atoms with Crippen molar-refractivity contribution in [2.24, 2.45) is 0 Å². The number of hydrogen-bond acceptors (Lipinski definition) is 4. The Balaban J connectivity index is 0.000000921. The van der Waals surface area contributed by atoms with Gasteiger partial charge in [-0.2, -0.15) is 0 Å². The van der Waals surface area contributed by atoms with Crippen LogP contribution in [0.4, 0.5) is 0 Å². The molecule has 0 saturated heterocycles. The van der Waals surface area contributed by atoms with E-state index in [-0.39, 0.29) is 11.0 Å². The summed E-state index contributed by atoms with van der Waals surface area (Å²) in [6.07, 6.45) is 0. The van der Waals surface area contributed by atoms with Crippen LogP contribution in [0.3, 0.4) is 0 Å². The van der Waals surface area contributed by atoms with Gasteiger partial charge in [0.15, 0.2) is 0 Å². The molecule has 1 aromatic carbocycles. The van der Waals surface area contributed by atoms with Crippen molar-refractivity contribution in [2.75, 3.05) is 7.11 Å². The molecule has 0 radical (unpaired) electrons. The highest BCUT2D eigenvalue weighted by molar-refractivity contribution is 6.60. The summed E-state index contributed by atoms with van der Waals surface area (Å²) in [7, 11) is -0.418. The molecule has 15 heavy (non-hydrogen) atoms. The van der Waals surface area contributed by atoms with Gasteiger partial charge in [-0.3, -0.25) is 0 Å². The summed E-state index contributed by atoms with van der Waals surface area (Å²) in [6, 6.07) is 6.16. The Labute approximate surface area is 89.7 Å². The monoisotopic (exact) mass is 210 g/mol. The van der Waals surface area contributed by atoms with Crippen molar-refractivity contribution < 1.29 is 19.6 Å². The standard InChI is InChI=1S/C8H9BO4.C2H6/c1-13-8(10)6-4-2-3-5-7(6)9(11)12;1-2/h2-5,11-12H,1H3;1-2H3. The van der Waals surface area contributed by atoms with E-state index in [0.29, 0.717) is 0 Å². The number of carbonyl (C=O) groups is 1. The van der Waals surface area contributed by atoms with Gasteiger partial charge < -0.3 is 14.8 Å². The summed E-state index contributed by atoms with van der Waals surface area (Å²) < 4.78 is 4.47. The van der Waals surface area contributed by atoms with Crippen LogP contribution in [0.2, 0.25) is 0 Å².